The van der Waals surface area contributed by atoms with Crippen LogP contribution >= 0.6 is 91.8 Å². The van der Waals surface area contributed by atoms with Crippen LogP contribution < -0.4 is 43.5 Å². The number of hydrogen-bond donors (Lipinski definition) is 4. The average molecular weight is 2230 g/mol. The minimum Gasteiger partial charge on any atom is -0.385 e. The Bertz CT molecular complexity index is 8030. The fraction of sp³-hybridized carbons (Fsp3) is 0.269. The molecule has 16 aromatic rings. The summed E-state index contributed by atoms with van der Waals surface area (Å²) in [6, 6.07) is 61.0. The molecule has 0 saturated carbocycles. The zero-order valence-electron chi connectivity index (χ0n) is 80.4. The number of benzene rings is 8. The maximum Gasteiger partial charge on any atom is 0.265 e. The van der Waals surface area contributed by atoms with E-state index >= 15 is 0 Å². The van der Waals surface area contributed by atoms with Crippen LogP contribution in [0.15, 0.2) is 280 Å². The molecular weight excluding hydrogens is 2130 g/mol. The van der Waals surface area contributed by atoms with Crippen molar-refractivity contribution in [3.8, 4) is 22.7 Å². The minimum atomic E-state index is -3.73. The zero-order chi connectivity index (χ0) is 105. The van der Waals surface area contributed by atoms with Gasteiger partial charge in [-0.1, -0.05) is 108 Å². The smallest absolute Gasteiger partial charge is 0.265 e. The van der Waals surface area contributed by atoms with E-state index in [4.69, 9.17) is 51.1 Å². The number of nitrogens with zero attached hydrogens (tertiary/aromatic N) is 11. The number of anilines is 4. The molecule has 0 radical (unpaired) electrons. The van der Waals surface area contributed by atoms with Crippen LogP contribution in [0.2, 0.25) is 17.3 Å². The average Bonchev–Trinajstić information content (AvgIpc) is 1.57. The van der Waals surface area contributed by atoms with Crippen LogP contribution in [-0.4, -0.2) is 232 Å². The van der Waals surface area contributed by atoms with Crippen molar-refractivity contribution in [1.82, 2.24) is 52.9 Å². The second kappa shape index (κ2) is 50.4. The molecule has 8 aromatic carbocycles. The van der Waals surface area contributed by atoms with Crippen molar-refractivity contribution < 1.29 is 57.6 Å². The summed E-state index contributed by atoms with van der Waals surface area (Å²) in [6.45, 7) is 13.8. The lowest BCUT2D eigenvalue weighted by molar-refractivity contribution is -0.116. The highest BCUT2D eigenvalue weighted by Crippen LogP contribution is 2.33. The minimum absolute atomic E-state index is 0.0307. The van der Waals surface area contributed by atoms with E-state index in [0.717, 1.165) is 160 Å². The summed E-state index contributed by atoms with van der Waals surface area (Å²) < 4.78 is 112. The summed E-state index contributed by atoms with van der Waals surface area (Å²) in [5.74, 6) is -4.05. The van der Waals surface area contributed by atoms with Crippen LogP contribution in [0.5, 0.6) is 0 Å². The van der Waals surface area contributed by atoms with E-state index in [0.29, 0.717) is 106 Å². The van der Waals surface area contributed by atoms with Crippen LogP contribution in [-0.2, 0) is 88.9 Å². The number of hydrogen-bond acceptors (Lipinski definition) is 32. The molecule has 2 fully saturated rings. The Morgan fingerprint density at radius 1 is 0.338 bits per heavy atom. The predicted molar refractivity (Wildman–Crippen MR) is 590 cm³/mol. The van der Waals surface area contributed by atoms with Crippen LogP contribution in [0.3, 0.4) is 0 Å². The molecule has 0 unspecified atom stereocenters. The molecule has 0 atom stereocenters. The molecule has 2 aliphatic rings. The SMILES string of the molecule is CCCNc1ccc2c(=O)n(-c3ccc(CC(=O)CS(=O)(=O)c4ccc(Cl)s4)cc3)cnc2c1.CN(C)CCNc1ccc2c(=O)n(-c3ccc(CC(=O)CS(=O)(=O)c4ccc(Cl)s4)cc3)cnc2c1.O=C(Cc1ccc(-n2cnc3cc(NCCN4CCCCC4)ccc3c2=O)cc1)CS(=O)(=O)c1ccc(Cl)s1.O=C(Cc1ccc(-n2cnc3cc(NCCN4CCOCC4)ccc3c2=O)cc1)CS(=O)(=O)c1ccc(Cl)s1. The first kappa shape index (κ1) is 110. The van der Waals surface area contributed by atoms with Crippen molar-refractivity contribution >= 4 is 221 Å². The molecule has 0 amide bonds. The highest BCUT2D eigenvalue weighted by atomic mass is 35.5. The second-order valence-electron chi connectivity index (χ2n) is 35.3. The van der Waals surface area contributed by atoms with Gasteiger partial charge in [-0.15, -0.1) is 45.3 Å². The van der Waals surface area contributed by atoms with Crippen LogP contribution in [0, 0.1) is 0 Å². The second-order valence-corrected chi connectivity index (χ2v) is 51.0. The fourth-order valence-electron chi connectivity index (χ4n) is 16.3. The van der Waals surface area contributed by atoms with Crippen molar-refractivity contribution in [3.63, 3.8) is 0 Å². The lowest BCUT2D eigenvalue weighted by atomic mass is 10.1. The van der Waals surface area contributed by atoms with E-state index in [9.17, 15) is 72.0 Å². The number of ether oxygens (including phenoxy) is 1. The third kappa shape index (κ3) is 29.7. The number of carbonyl (C=O) groups excluding carboxylic acids is 4. The summed E-state index contributed by atoms with van der Waals surface area (Å²) in [7, 11) is -10.9. The number of sulfone groups is 4. The van der Waals surface area contributed by atoms with E-state index in [1.165, 1.54) is 111 Å². The number of likely N-dealkylation sites (N-methyl/N-ethyl adjacent to an activating group) is 1. The number of fused-ring (bicyclic) bond motifs is 4. The Morgan fingerprint density at radius 2 is 0.595 bits per heavy atom. The number of aromatic nitrogens is 8. The topological polar surface area (TPSA) is 411 Å². The zero-order valence-corrected chi connectivity index (χ0v) is 90.0. The fourth-order valence-corrected chi connectivity index (χ4v) is 27.5. The van der Waals surface area contributed by atoms with Gasteiger partial charge in [-0.3, -0.25) is 61.5 Å². The molecule has 18 rings (SSSR count). The Kier molecular flexibility index (Phi) is 37.5. The highest BCUT2D eigenvalue weighted by Gasteiger charge is 2.28. The van der Waals surface area contributed by atoms with E-state index in [-0.39, 0.29) is 64.8 Å². The Hall–Kier alpha value is -12.2. The third-order valence-electron chi connectivity index (χ3n) is 23.9. The van der Waals surface area contributed by atoms with Crippen molar-refractivity contribution in [1.29, 1.82) is 0 Å². The summed E-state index contributed by atoms with van der Waals surface area (Å²) in [6.07, 6.45) is 10.7. The van der Waals surface area contributed by atoms with Gasteiger partial charge in [-0.25, -0.2) is 53.6 Å². The van der Waals surface area contributed by atoms with E-state index in [1.807, 2.05) is 62.6 Å². The Morgan fingerprint density at radius 3 is 0.845 bits per heavy atom. The van der Waals surface area contributed by atoms with Crippen molar-refractivity contribution in [3.05, 3.63) is 325 Å². The summed E-state index contributed by atoms with van der Waals surface area (Å²) in [5.41, 5.74) is 10.3. The van der Waals surface area contributed by atoms with Gasteiger partial charge in [0, 0.05) is 107 Å². The number of Topliss-reactive ketones (excluding diaryl/α,β-unsaturated/α-hetero) is 4. The van der Waals surface area contributed by atoms with Gasteiger partial charge in [0.05, 0.1) is 96.9 Å². The number of halogens is 4. The number of thiophene rings is 4. The quantitative estimate of drug-likeness (QED) is 0.0278. The summed E-state index contributed by atoms with van der Waals surface area (Å²) >= 11 is 27.0. The lowest BCUT2D eigenvalue weighted by Gasteiger charge is -2.26. The molecule has 4 N–H and O–H groups in total. The van der Waals surface area contributed by atoms with Gasteiger partial charge in [0.1, 0.15) is 65.2 Å². The molecule has 0 bridgehead atoms. The summed E-state index contributed by atoms with van der Waals surface area (Å²) in [4.78, 5) is 127. The number of rotatable bonds is 39. The molecular formula is C104H103Cl4N15O17S8. The maximum absolute atomic E-state index is 13.2. The number of carbonyl (C=O) groups is 4. The van der Waals surface area contributed by atoms with Crippen LogP contribution in [0.25, 0.3) is 66.4 Å². The first-order valence-electron chi connectivity index (χ1n) is 47.0. The Balaban J connectivity index is 0.000000148. The molecule has 10 heterocycles. The molecule has 8 aromatic heterocycles. The van der Waals surface area contributed by atoms with Crippen molar-refractivity contribution in [2.24, 2.45) is 0 Å². The molecule has 32 nitrogen and oxygen atoms in total. The number of likely N-dealkylation sites (tertiary alicyclic amines) is 1. The largest absolute Gasteiger partial charge is 0.385 e. The first-order chi connectivity index (χ1) is 70.9. The maximum atomic E-state index is 13.2. The van der Waals surface area contributed by atoms with E-state index in [2.05, 4.69) is 62.8 Å². The summed E-state index contributed by atoms with van der Waals surface area (Å²) in [5, 5.41) is 15.4. The molecule has 0 aliphatic carbocycles. The molecule has 0 spiro atoms. The highest BCUT2D eigenvalue weighted by molar-refractivity contribution is 7.95. The van der Waals surface area contributed by atoms with Crippen LogP contribution in [0.1, 0.15) is 54.9 Å². The van der Waals surface area contributed by atoms with Gasteiger partial charge in [0.25, 0.3) is 22.2 Å². The molecule has 2 saturated heterocycles. The van der Waals surface area contributed by atoms with Gasteiger partial charge in [0.15, 0.2) is 62.5 Å². The third-order valence-corrected chi connectivity index (χ3v) is 37.8. The monoisotopic (exact) mass is 2230 g/mol. The number of piperidine rings is 1. The number of nitrogens with one attached hydrogen (secondary N) is 4. The van der Waals surface area contributed by atoms with Gasteiger partial charge in [-0.05, 0) is 239 Å². The van der Waals surface area contributed by atoms with Gasteiger partial charge in [0.2, 0.25) is 0 Å². The molecule has 772 valence electrons. The first-order valence-corrected chi connectivity index (χ1v) is 58.4. The van der Waals surface area contributed by atoms with Crippen LogP contribution in [0.4, 0.5) is 22.7 Å². The van der Waals surface area contributed by atoms with E-state index < -0.39 is 85.5 Å². The number of ketones is 4. The van der Waals surface area contributed by atoms with E-state index in [1.54, 1.807) is 121 Å². The predicted octanol–water partition coefficient (Wildman–Crippen LogP) is 16.2. The standard InChI is InChI=1S/C28H29ClN4O4S2.C27H27ClN4O5S2.C25H25ClN4O4S2.C24H22ClN3O4S2/c29-26-10-11-27(38-26)39(36,37)18-23(34)16-20-4-7-22(8-5-20)33-19-31-25-17-21(6-9-24(25)28(33)35)30-12-15-32-13-2-1-3-14-32;28-25-7-8-26(38-25)39(35,36)17-22(33)15-19-1-4-21(5-2-19)32-18-30-24-16-20(3-6-23(24)27(32)34)29-9-10-31-11-13-37-14-12-31;1-29(2)12-11-27-18-5-8-21-22(14-18)28-16-30(25(21)32)19-6-3-17(4-7-19)13-20(31)15-36(33,34)24-10-9-23(26)35-24;1-2-11-26-17-5-8-20-21(13-17)27-15-28(24(20)30)18-6-3-16(4-7-18)12-19(29)14-34(31,32)23-10-9-22(25)33-23/h4-11,17,19,30H,1-3,12-16,18H2;1-8,16,18,29H,9-15,17H2;3-10,14,16,27H,11-13,15H2,1-2H3;3-10,13,15,26H,2,11-12,14H2,1H3. The number of morpholine rings is 1. The van der Waals surface area contributed by atoms with Gasteiger partial charge >= 0.3 is 0 Å². The molecule has 44 heteroatoms. The van der Waals surface area contributed by atoms with Crippen molar-refractivity contribution in [2.75, 3.05) is 144 Å². The van der Waals surface area contributed by atoms with Crippen molar-refractivity contribution in [2.45, 2.75) is 75.1 Å². The normalized spacial score (nSPS) is 13.2. The molecule has 2 aliphatic heterocycles. The lowest BCUT2D eigenvalue weighted by Crippen LogP contribution is -2.39. The van der Waals surface area contributed by atoms with Gasteiger partial charge in [-0.2, -0.15) is 0 Å². The Labute approximate surface area is 889 Å². The molecule has 148 heavy (non-hydrogen) atoms. The van der Waals surface area contributed by atoms with Gasteiger partial charge < -0.3 is 35.8 Å².